The Morgan fingerprint density at radius 3 is 2.52 bits per heavy atom. The van der Waals surface area contributed by atoms with Crippen LogP contribution in [0, 0.1) is 0 Å². The number of anilines is 1. The Morgan fingerprint density at radius 1 is 1.16 bits per heavy atom. The van der Waals surface area contributed by atoms with Gasteiger partial charge in [-0.3, -0.25) is 4.79 Å². The van der Waals surface area contributed by atoms with Gasteiger partial charge in [0, 0.05) is 24.1 Å². The van der Waals surface area contributed by atoms with Gasteiger partial charge in [-0.25, -0.2) is 0 Å². The molecule has 2 aromatic rings. The van der Waals surface area contributed by atoms with E-state index in [1.54, 1.807) is 0 Å². The van der Waals surface area contributed by atoms with Crippen molar-refractivity contribution < 1.29 is 23.0 Å². The van der Waals surface area contributed by atoms with Gasteiger partial charge in [-0.1, -0.05) is 37.6 Å². The van der Waals surface area contributed by atoms with E-state index in [2.05, 4.69) is 21.7 Å². The van der Waals surface area contributed by atoms with Gasteiger partial charge in [0.15, 0.2) is 11.5 Å². The molecular weight excluding hydrogens is 328 g/mol. The Morgan fingerprint density at radius 2 is 1.84 bits per heavy atom. The zero-order valence-electron chi connectivity index (χ0n) is 13.6. The van der Waals surface area contributed by atoms with Crippen LogP contribution in [0.5, 0.6) is 11.5 Å². The molecule has 130 valence electrons. The third-order valence-corrected chi connectivity index (χ3v) is 4.53. The fourth-order valence-corrected chi connectivity index (χ4v) is 3.41. The third-order valence-electron chi connectivity index (χ3n) is 4.53. The molecule has 1 amide bonds. The Kier molecular flexibility index (Phi) is 3.63. The van der Waals surface area contributed by atoms with Gasteiger partial charge >= 0.3 is 6.29 Å². The number of halogens is 2. The quantitative estimate of drug-likeness (QED) is 0.895. The van der Waals surface area contributed by atoms with E-state index in [9.17, 15) is 13.6 Å². The van der Waals surface area contributed by atoms with E-state index in [1.165, 1.54) is 17.7 Å². The second-order valence-electron chi connectivity index (χ2n) is 6.35. The first-order valence-corrected chi connectivity index (χ1v) is 8.27. The summed E-state index contributed by atoms with van der Waals surface area (Å²) in [7, 11) is 0. The predicted octanol–water partition coefficient (Wildman–Crippen LogP) is 4.43. The zero-order chi connectivity index (χ0) is 17.6. The van der Waals surface area contributed by atoms with Crippen LogP contribution in [0.1, 0.15) is 42.4 Å². The number of ether oxygens (including phenoxy) is 2. The molecule has 2 aromatic carbocycles. The number of alkyl halides is 2. The van der Waals surface area contributed by atoms with Crippen molar-refractivity contribution in [3.8, 4) is 11.5 Å². The number of fused-ring (bicyclic) bond motifs is 2. The highest BCUT2D eigenvalue weighted by molar-refractivity contribution is 5.96. The summed E-state index contributed by atoms with van der Waals surface area (Å²) in [4.78, 5) is 12.1. The lowest BCUT2D eigenvalue weighted by Gasteiger charge is -2.26. The summed E-state index contributed by atoms with van der Waals surface area (Å²) in [5.41, 5.74) is 3.44. The van der Waals surface area contributed by atoms with Crippen molar-refractivity contribution in [2.24, 2.45) is 0 Å². The maximum absolute atomic E-state index is 13.3. The lowest BCUT2D eigenvalue weighted by molar-refractivity contribution is -0.286. The maximum Gasteiger partial charge on any atom is 0.586 e. The zero-order valence-corrected chi connectivity index (χ0v) is 13.6. The molecule has 2 aliphatic heterocycles. The van der Waals surface area contributed by atoms with Crippen molar-refractivity contribution in [3.05, 3.63) is 53.1 Å². The Hall–Kier alpha value is -2.63. The van der Waals surface area contributed by atoms with Gasteiger partial charge in [-0.15, -0.1) is 8.78 Å². The van der Waals surface area contributed by atoms with Crippen LogP contribution < -0.4 is 14.8 Å². The normalized spacial score (nSPS) is 20.1. The van der Waals surface area contributed by atoms with Crippen LogP contribution in [-0.2, 0) is 11.2 Å². The highest BCUT2D eigenvalue weighted by atomic mass is 19.3. The minimum atomic E-state index is -3.67. The smallest absolute Gasteiger partial charge is 0.395 e. The van der Waals surface area contributed by atoms with E-state index in [-0.39, 0.29) is 29.7 Å². The first-order chi connectivity index (χ1) is 11.9. The molecule has 0 saturated heterocycles. The Balaban J connectivity index is 1.73. The topological polar surface area (TPSA) is 47.6 Å². The fourth-order valence-electron chi connectivity index (χ4n) is 3.41. The SMILES string of the molecule is CCCc1ccc(C2CC(=O)Nc3cc4c(cc32)OC(F)(F)O4)cc1. The van der Waals surface area contributed by atoms with E-state index < -0.39 is 6.29 Å². The molecule has 4 nitrogen and oxygen atoms in total. The molecule has 4 rings (SSSR count). The molecule has 0 spiro atoms. The van der Waals surface area contributed by atoms with Crippen LogP contribution in [0.3, 0.4) is 0 Å². The molecule has 2 aliphatic rings. The van der Waals surface area contributed by atoms with Crippen molar-refractivity contribution in [3.63, 3.8) is 0 Å². The van der Waals surface area contributed by atoms with Crippen molar-refractivity contribution in [2.75, 3.05) is 5.32 Å². The minimum Gasteiger partial charge on any atom is -0.395 e. The van der Waals surface area contributed by atoms with Gasteiger partial charge in [-0.05, 0) is 29.2 Å². The highest BCUT2D eigenvalue weighted by Crippen LogP contribution is 2.48. The van der Waals surface area contributed by atoms with Crippen molar-refractivity contribution in [1.29, 1.82) is 0 Å². The lowest BCUT2D eigenvalue weighted by Crippen LogP contribution is -2.25. The van der Waals surface area contributed by atoms with Gasteiger partial charge < -0.3 is 14.8 Å². The summed E-state index contributed by atoms with van der Waals surface area (Å²) in [6.07, 6.45) is -1.36. The van der Waals surface area contributed by atoms with Gasteiger partial charge in [0.25, 0.3) is 0 Å². The first-order valence-electron chi connectivity index (χ1n) is 8.27. The molecule has 0 radical (unpaired) electrons. The average molecular weight is 345 g/mol. The van der Waals surface area contributed by atoms with E-state index in [4.69, 9.17) is 0 Å². The largest absolute Gasteiger partial charge is 0.586 e. The van der Waals surface area contributed by atoms with Crippen LogP contribution in [0.2, 0.25) is 0 Å². The summed E-state index contributed by atoms with van der Waals surface area (Å²) < 4.78 is 35.6. The van der Waals surface area contributed by atoms with Gasteiger partial charge in [0.2, 0.25) is 5.91 Å². The molecule has 6 heteroatoms. The number of benzene rings is 2. The molecule has 0 fully saturated rings. The molecule has 25 heavy (non-hydrogen) atoms. The fraction of sp³-hybridized carbons (Fsp3) is 0.316. The van der Waals surface area contributed by atoms with Crippen LogP contribution in [0.25, 0.3) is 0 Å². The van der Waals surface area contributed by atoms with Crippen LogP contribution >= 0.6 is 0 Å². The monoisotopic (exact) mass is 345 g/mol. The number of carbonyl (C=O) groups is 1. The van der Waals surface area contributed by atoms with Crippen molar-refractivity contribution in [1.82, 2.24) is 0 Å². The first kappa shape index (κ1) is 15.9. The van der Waals surface area contributed by atoms with Crippen LogP contribution in [-0.4, -0.2) is 12.2 Å². The molecule has 0 saturated carbocycles. The second-order valence-corrected chi connectivity index (χ2v) is 6.35. The number of hydrogen-bond acceptors (Lipinski definition) is 3. The number of nitrogens with one attached hydrogen (secondary N) is 1. The summed E-state index contributed by atoms with van der Waals surface area (Å²) in [5, 5.41) is 2.73. The Labute approximate surface area is 143 Å². The molecule has 0 bridgehead atoms. The number of hydrogen-bond donors (Lipinski definition) is 1. The van der Waals surface area contributed by atoms with E-state index in [1.807, 2.05) is 24.3 Å². The standard InChI is InChI=1S/C19H17F2NO3/c1-2-3-11-4-6-12(7-5-11)13-9-18(23)22-15-10-17-16(8-14(13)15)24-19(20,21)25-17/h4-8,10,13H,2-3,9H2,1H3,(H,22,23). The van der Waals surface area contributed by atoms with Gasteiger partial charge in [-0.2, -0.15) is 0 Å². The summed E-state index contributed by atoms with van der Waals surface area (Å²) >= 11 is 0. The van der Waals surface area contributed by atoms with Gasteiger partial charge in [0.05, 0.1) is 0 Å². The minimum absolute atomic E-state index is 0.00694. The summed E-state index contributed by atoms with van der Waals surface area (Å²) in [5.74, 6) is -0.432. The number of aryl methyl sites for hydroxylation is 1. The van der Waals surface area contributed by atoms with Crippen LogP contribution in [0.4, 0.5) is 14.5 Å². The average Bonchev–Trinajstić information content (AvgIpc) is 2.86. The van der Waals surface area contributed by atoms with Gasteiger partial charge in [0.1, 0.15) is 0 Å². The highest BCUT2D eigenvalue weighted by Gasteiger charge is 2.44. The molecule has 1 atom stereocenters. The van der Waals surface area contributed by atoms with E-state index in [0.717, 1.165) is 24.0 Å². The molecular formula is C19H17F2NO3. The lowest BCUT2D eigenvalue weighted by atomic mass is 9.84. The number of carbonyl (C=O) groups excluding carboxylic acids is 1. The maximum atomic E-state index is 13.3. The molecule has 0 aromatic heterocycles. The molecule has 2 heterocycles. The Bertz CT molecular complexity index is 833. The van der Waals surface area contributed by atoms with Crippen molar-refractivity contribution >= 4 is 11.6 Å². The summed E-state index contributed by atoms with van der Waals surface area (Å²) in [6, 6.07) is 11.0. The molecule has 1 N–H and O–H groups in total. The third kappa shape index (κ3) is 2.92. The summed E-state index contributed by atoms with van der Waals surface area (Å²) in [6.45, 7) is 2.12. The van der Waals surface area contributed by atoms with Crippen LogP contribution in [0.15, 0.2) is 36.4 Å². The predicted molar refractivity (Wildman–Crippen MR) is 88.2 cm³/mol. The number of rotatable bonds is 3. The second kappa shape index (κ2) is 5.72. The van der Waals surface area contributed by atoms with Crippen molar-refractivity contribution in [2.45, 2.75) is 38.4 Å². The van der Waals surface area contributed by atoms with E-state index in [0.29, 0.717) is 5.69 Å². The number of amides is 1. The molecule has 0 aliphatic carbocycles. The van der Waals surface area contributed by atoms with E-state index >= 15 is 0 Å². The molecule has 1 unspecified atom stereocenters.